The third kappa shape index (κ3) is 2.44. The number of aromatic amines is 1. The third-order valence-electron chi connectivity index (χ3n) is 4.41. The number of rotatable bonds is 2. The van der Waals surface area contributed by atoms with Gasteiger partial charge in [0.25, 0.3) is 5.91 Å². The van der Waals surface area contributed by atoms with Crippen LogP contribution in [0.3, 0.4) is 0 Å². The number of aryl methyl sites for hydroxylation is 1. The summed E-state index contributed by atoms with van der Waals surface area (Å²) in [5.41, 5.74) is 2.99. The van der Waals surface area contributed by atoms with Gasteiger partial charge in [0.05, 0.1) is 6.04 Å². The minimum absolute atomic E-state index is 0.0956. The summed E-state index contributed by atoms with van der Waals surface area (Å²) >= 11 is 0. The van der Waals surface area contributed by atoms with E-state index in [0.717, 1.165) is 16.9 Å². The van der Waals surface area contributed by atoms with Gasteiger partial charge >= 0.3 is 0 Å². The Bertz CT molecular complexity index is 922. The van der Waals surface area contributed by atoms with Crippen LogP contribution in [0.25, 0.3) is 5.65 Å². The van der Waals surface area contributed by atoms with Crippen molar-refractivity contribution >= 4 is 11.6 Å². The Labute approximate surface area is 139 Å². The van der Waals surface area contributed by atoms with Crippen LogP contribution in [-0.2, 0) is 0 Å². The highest BCUT2D eigenvalue weighted by molar-refractivity contribution is 5.99. The van der Waals surface area contributed by atoms with Crippen molar-refractivity contribution in [1.29, 1.82) is 0 Å². The van der Waals surface area contributed by atoms with E-state index in [0.29, 0.717) is 17.6 Å². The van der Waals surface area contributed by atoms with Gasteiger partial charge in [0, 0.05) is 30.6 Å². The number of ether oxygens (including phenoxy) is 1. The first kappa shape index (κ1) is 14.8. The SMILES string of the molecule is Cc1ccc2c(c1)OC(C)(C)CC2NC(=O)c1c[nH]n2ccnc12. The van der Waals surface area contributed by atoms with E-state index in [2.05, 4.69) is 15.4 Å². The van der Waals surface area contributed by atoms with Crippen molar-refractivity contribution in [2.24, 2.45) is 0 Å². The van der Waals surface area contributed by atoms with Gasteiger partial charge < -0.3 is 10.1 Å². The number of fused-ring (bicyclic) bond motifs is 2. The van der Waals surface area contributed by atoms with Crippen LogP contribution in [0, 0.1) is 6.92 Å². The molecule has 1 amide bonds. The number of nitrogens with zero attached hydrogens (tertiary/aromatic N) is 2. The smallest absolute Gasteiger partial charge is 0.257 e. The van der Waals surface area contributed by atoms with E-state index >= 15 is 0 Å². The van der Waals surface area contributed by atoms with Crippen LogP contribution < -0.4 is 10.1 Å². The van der Waals surface area contributed by atoms with Crippen LogP contribution >= 0.6 is 0 Å². The first-order valence-corrected chi connectivity index (χ1v) is 8.04. The molecule has 1 aliphatic rings. The van der Waals surface area contributed by atoms with Crippen LogP contribution in [0.1, 0.15) is 47.8 Å². The molecular weight excluding hydrogens is 304 g/mol. The molecule has 6 heteroatoms. The molecule has 6 nitrogen and oxygen atoms in total. The number of benzene rings is 1. The molecule has 24 heavy (non-hydrogen) atoms. The Morgan fingerprint density at radius 2 is 2.29 bits per heavy atom. The van der Waals surface area contributed by atoms with Crippen molar-refractivity contribution in [1.82, 2.24) is 19.9 Å². The lowest BCUT2D eigenvalue weighted by molar-refractivity contribution is 0.0619. The number of carbonyl (C=O) groups is 1. The molecule has 3 heterocycles. The third-order valence-corrected chi connectivity index (χ3v) is 4.41. The fourth-order valence-corrected chi connectivity index (χ4v) is 3.30. The zero-order chi connectivity index (χ0) is 16.9. The Hall–Kier alpha value is -2.76. The molecule has 124 valence electrons. The highest BCUT2D eigenvalue weighted by Gasteiger charge is 2.35. The molecule has 1 aromatic carbocycles. The van der Waals surface area contributed by atoms with Gasteiger partial charge in [-0.15, -0.1) is 0 Å². The van der Waals surface area contributed by atoms with Gasteiger partial charge in [0.1, 0.15) is 16.9 Å². The number of hydrogen-bond donors (Lipinski definition) is 2. The number of hydrogen-bond acceptors (Lipinski definition) is 3. The van der Waals surface area contributed by atoms with Crippen molar-refractivity contribution < 1.29 is 9.53 Å². The largest absolute Gasteiger partial charge is 0.487 e. The number of aromatic nitrogens is 3. The van der Waals surface area contributed by atoms with E-state index in [1.54, 1.807) is 23.1 Å². The van der Waals surface area contributed by atoms with Gasteiger partial charge in [-0.05, 0) is 32.4 Å². The topological polar surface area (TPSA) is 71.4 Å². The number of nitrogens with one attached hydrogen (secondary N) is 2. The fraction of sp³-hybridized carbons (Fsp3) is 0.333. The fourth-order valence-electron chi connectivity index (χ4n) is 3.30. The molecular formula is C18H20N4O2. The second-order valence-electron chi connectivity index (χ2n) is 6.94. The molecule has 0 spiro atoms. The monoisotopic (exact) mass is 324 g/mol. The van der Waals surface area contributed by atoms with E-state index in [-0.39, 0.29) is 17.6 Å². The van der Waals surface area contributed by atoms with Gasteiger partial charge in [-0.1, -0.05) is 12.1 Å². The first-order chi connectivity index (χ1) is 11.4. The zero-order valence-electron chi connectivity index (χ0n) is 14.0. The van der Waals surface area contributed by atoms with E-state index in [9.17, 15) is 4.79 Å². The molecule has 4 rings (SSSR count). The van der Waals surface area contributed by atoms with Crippen LogP contribution in [-0.4, -0.2) is 26.1 Å². The lowest BCUT2D eigenvalue weighted by Crippen LogP contribution is -2.41. The van der Waals surface area contributed by atoms with Gasteiger partial charge in [-0.3, -0.25) is 9.89 Å². The van der Waals surface area contributed by atoms with Crippen molar-refractivity contribution in [2.75, 3.05) is 0 Å². The molecule has 0 saturated heterocycles. The maximum Gasteiger partial charge on any atom is 0.257 e. The molecule has 1 unspecified atom stereocenters. The predicted molar refractivity (Wildman–Crippen MR) is 90.3 cm³/mol. The van der Waals surface area contributed by atoms with Crippen molar-refractivity contribution in [3.05, 3.63) is 53.5 Å². The Kier molecular flexibility index (Phi) is 3.16. The minimum atomic E-state index is -0.334. The molecule has 2 N–H and O–H groups in total. The lowest BCUT2D eigenvalue weighted by atomic mass is 9.89. The Balaban J connectivity index is 1.67. The van der Waals surface area contributed by atoms with E-state index < -0.39 is 0 Å². The van der Waals surface area contributed by atoms with Crippen molar-refractivity contribution in [2.45, 2.75) is 38.8 Å². The average molecular weight is 324 g/mol. The van der Waals surface area contributed by atoms with Crippen LogP contribution in [0.2, 0.25) is 0 Å². The summed E-state index contributed by atoms with van der Waals surface area (Å²) in [4.78, 5) is 17.0. The summed E-state index contributed by atoms with van der Waals surface area (Å²) in [6.07, 6.45) is 5.84. The molecule has 0 bridgehead atoms. The van der Waals surface area contributed by atoms with Gasteiger partial charge in [-0.25, -0.2) is 9.50 Å². The van der Waals surface area contributed by atoms with E-state index in [4.69, 9.17) is 4.74 Å². The first-order valence-electron chi connectivity index (χ1n) is 8.04. The van der Waals surface area contributed by atoms with Gasteiger partial charge in [-0.2, -0.15) is 0 Å². The number of imidazole rings is 1. The highest BCUT2D eigenvalue weighted by atomic mass is 16.5. The average Bonchev–Trinajstić information content (AvgIpc) is 3.07. The molecule has 1 aliphatic heterocycles. The minimum Gasteiger partial charge on any atom is -0.487 e. The predicted octanol–water partition coefficient (Wildman–Crippen LogP) is 3.00. The van der Waals surface area contributed by atoms with Crippen LogP contribution in [0.15, 0.2) is 36.8 Å². The molecule has 2 aromatic heterocycles. The van der Waals surface area contributed by atoms with Gasteiger partial charge in [0.15, 0.2) is 5.65 Å². The molecule has 0 aliphatic carbocycles. The maximum atomic E-state index is 12.7. The number of amides is 1. The number of carbonyl (C=O) groups excluding carboxylic acids is 1. The van der Waals surface area contributed by atoms with Crippen LogP contribution in [0.4, 0.5) is 0 Å². The molecule has 0 radical (unpaired) electrons. The van der Waals surface area contributed by atoms with Crippen molar-refractivity contribution in [3.63, 3.8) is 0 Å². The highest BCUT2D eigenvalue weighted by Crippen LogP contribution is 2.40. The Morgan fingerprint density at radius 1 is 1.46 bits per heavy atom. The van der Waals surface area contributed by atoms with Gasteiger partial charge in [0.2, 0.25) is 0 Å². The lowest BCUT2D eigenvalue weighted by Gasteiger charge is -2.38. The number of H-pyrrole nitrogens is 1. The zero-order valence-corrected chi connectivity index (χ0v) is 14.0. The molecule has 1 atom stereocenters. The summed E-state index contributed by atoms with van der Waals surface area (Å²) in [5, 5.41) is 6.14. The second kappa shape index (κ2) is 5.12. The quantitative estimate of drug-likeness (QED) is 0.761. The molecule has 0 fully saturated rings. The Morgan fingerprint density at radius 3 is 3.12 bits per heavy atom. The maximum absolute atomic E-state index is 12.7. The van der Waals surface area contributed by atoms with Crippen molar-refractivity contribution in [3.8, 4) is 5.75 Å². The molecule has 3 aromatic rings. The molecule has 0 saturated carbocycles. The normalized spacial score (nSPS) is 18.9. The summed E-state index contributed by atoms with van der Waals surface area (Å²) < 4.78 is 7.81. The van der Waals surface area contributed by atoms with E-state index in [1.807, 2.05) is 39.0 Å². The summed E-state index contributed by atoms with van der Waals surface area (Å²) in [6, 6.07) is 6.01. The second-order valence-corrected chi connectivity index (χ2v) is 6.94. The summed E-state index contributed by atoms with van der Waals surface area (Å²) in [5.74, 6) is 0.707. The standard InChI is InChI=1S/C18H20N4O2/c1-11-4-5-12-14(9-18(2,3)24-15(12)8-11)21-17(23)13-10-20-22-7-6-19-16(13)22/h4-8,10,14,20H,9H2,1-3H3,(H,21,23). The summed E-state index contributed by atoms with van der Waals surface area (Å²) in [6.45, 7) is 6.12. The van der Waals surface area contributed by atoms with E-state index in [1.165, 1.54) is 0 Å². The summed E-state index contributed by atoms with van der Waals surface area (Å²) in [7, 11) is 0. The van der Waals surface area contributed by atoms with Crippen LogP contribution in [0.5, 0.6) is 5.75 Å².